The molecule has 0 aliphatic carbocycles. The van der Waals surface area contributed by atoms with Crippen molar-refractivity contribution in [2.75, 3.05) is 19.6 Å². The smallest absolute Gasteiger partial charge is 0.288 e. The first-order valence-electron chi connectivity index (χ1n) is 7.67. The molecule has 0 atom stereocenters. The highest BCUT2D eigenvalue weighted by Gasteiger charge is 2.21. The number of nitrogens with zero attached hydrogens (tertiary/aromatic N) is 3. The molecule has 0 saturated carbocycles. The fourth-order valence-electron chi connectivity index (χ4n) is 2.39. The zero-order valence-corrected chi connectivity index (χ0v) is 14.7. The van der Waals surface area contributed by atoms with Gasteiger partial charge in [-0.2, -0.15) is 0 Å². The minimum absolute atomic E-state index is 0. The maximum absolute atomic E-state index is 12.8. The van der Waals surface area contributed by atoms with Crippen molar-refractivity contribution in [3.8, 4) is 0 Å². The van der Waals surface area contributed by atoms with Crippen LogP contribution in [0.3, 0.4) is 0 Å². The van der Waals surface area contributed by atoms with Crippen LogP contribution in [0, 0.1) is 17.0 Å². The number of aromatic nitrogens is 1. The molecule has 8 heteroatoms. The van der Waals surface area contributed by atoms with Gasteiger partial charge in [-0.1, -0.05) is 30.3 Å². The molecule has 25 heavy (non-hydrogen) atoms. The van der Waals surface area contributed by atoms with Crippen LogP contribution in [-0.2, 0) is 6.42 Å². The molecule has 2 rings (SSSR count). The lowest BCUT2D eigenvalue weighted by atomic mass is 10.1. The average Bonchev–Trinajstić information content (AvgIpc) is 2.59. The lowest BCUT2D eigenvalue weighted by Crippen LogP contribution is -2.37. The molecule has 0 bridgehead atoms. The van der Waals surface area contributed by atoms with Gasteiger partial charge in [0.15, 0.2) is 0 Å². The number of pyridine rings is 1. The lowest BCUT2D eigenvalue weighted by Gasteiger charge is -2.22. The number of halogens is 1. The summed E-state index contributed by atoms with van der Waals surface area (Å²) in [4.78, 5) is 28.7. The van der Waals surface area contributed by atoms with Gasteiger partial charge in [0.1, 0.15) is 6.20 Å². The Morgan fingerprint density at radius 2 is 1.96 bits per heavy atom. The number of benzene rings is 1. The molecule has 1 aromatic heterocycles. The normalized spacial score (nSPS) is 10.0. The van der Waals surface area contributed by atoms with Crippen LogP contribution in [0.5, 0.6) is 0 Å². The van der Waals surface area contributed by atoms with E-state index in [1.807, 2.05) is 30.3 Å². The number of hydrogen-bond donors (Lipinski definition) is 1. The number of rotatable bonds is 7. The summed E-state index contributed by atoms with van der Waals surface area (Å²) in [5.74, 6) is -0.287. The standard InChI is InChI=1S/C17H20N4O3.ClH/c1-13-16(11-15(12-19-13)21(23)24)17(22)20(10-8-18)9-7-14-5-3-2-4-6-14;/h2-6,11-12H,7-10,18H2,1H3;1H. The number of carbonyl (C=O) groups is 1. The Morgan fingerprint density at radius 3 is 2.56 bits per heavy atom. The largest absolute Gasteiger partial charge is 0.337 e. The van der Waals surface area contributed by atoms with E-state index in [2.05, 4.69) is 4.98 Å². The summed E-state index contributed by atoms with van der Waals surface area (Å²) in [6, 6.07) is 11.1. The van der Waals surface area contributed by atoms with Crippen molar-refractivity contribution < 1.29 is 9.72 Å². The number of carbonyl (C=O) groups excluding carboxylic acids is 1. The molecule has 0 saturated heterocycles. The van der Waals surface area contributed by atoms with Gasteiger partial charge in [0, 0.05) is 25.7 Å². The highest BCUT2D eigenvalue weighted by atomic mass is 35.5. The van der Waals surface area contributed by atoms with Gasteiger partial charge in [-0.3, -0.25) is 19.9 Å². The van der Waals surface area contributed by atoms with Gasteiger partial charge in [0.2, 0.25) is 0 Å². The molecule has 2 aromatic rings. The van der Waals surface area contributed by atoms with Gasteiger partial charge in [0.05, 0.1) is 16.2 Å². The minimum atomic E-state index is -0.555. The van der Waals surface area contributed by atoms with Crippen molar-refractivity contribution in [3.63, 3.8) is 0 Å². The summed E-state index contributed by atoms with van der Waals surface area (Å²) >= 11 is 0. The maximum atomic E-state index is 12.8. The minimum Gasteiger partial charge on any atom is -0.337 e. The van der Waals surface area contributed by atoms with Crippen molar-refractivity contribution >= 4 is 24.0 Å². The molecule has 0 spiro atoms. The van der Waals surface area contributed by atoms with Gasteiger partial charge >= 0.3 is 0 Å². The molecule has 1 heterocycles. The number of hydrogen-bond acceptors (Lipinski definition) is 5. The number of nitro groups is 1. The third-order valence-electron chi connectivity index (χ3n) is 3.71. The fraction of sp³-hybridized carbons (Fsp3) is 0.294. The first kappa shape index (κ1) is 20.5. The van der Waals surface area contributed by atoms with Crippen LogP contribution in [0.1, 0.15) is 21.6 Å². The van der Waals surface area contributed by atoms with E-state index in [1.165, 1.54) is 6.07 Å². The molecule has 0 aliphatic heterocycles. The van der Waals surface area contributed by atoms with E-state index in [9.17, 15) is 14.9 Å². The van der Waals surface area contributed by atoms with Crippen LogP contribution in [0.25, 0.3) is 0 Å². The third-order valence-corrected chi connectivity index (χ3v) is 3.71. The Balaban J connectivity index is 0.00000312. The topological polar surface area (TPSA) is 102 Å². The summed E-state index contributed by atoms with van der Waals surface area (Å²) in [5.41, 5.74) is 7.24. The van der Waals surface area contributed by atoms with E-state index in [4.69, 9.17) is 5.73 Å². The summed E-state index contributed by atoms with van der Waals surface area (Å²) in [6.07, 6.45) is 1.84. The Labute approximate surface area is 152 Å². The molecule has 0 aliphatic rings. The van der Waals surface area contributed by atoms with Gasteiger partial charge < -0.3 is 10.6 Å². The van der Waals surface area contributed by atoms with E-state index in [0.29, 0.717) is 31.7 Å². The van der Waals surface area contributed by atoms with Gasteiger partial charge in [-0.05, 0) is 18.9 Å². The zero-order valence-electron chi connectivity index (χ0n) is 13.9. The molecular weight excluding hydrogens is 344 g/mol. The van der Waals surface area contributed by atoms with Crippen molar-refractivity contribution in [2.24, 2.45) is 5.73 Å². The monoisotopic (exact) mass is 364 g/mol. The lowest BCUT2D eigenvalue weighted by molar-refractivity contribution is -0.385. The number of nitrogens with two attached hydrogens (primary N) is 1. The highest BCUT2D eigenvalue weighted by Crippen LogP contribution is 2.17. The van der Waals surface area contributed by atoms with Crippen LogP contribution < -0.4 is 5.73 Å². The van der Waals surface area contributed by atoms with Crippen molar-refractivity contribution in [1.29, 1.82) is 0 Å². The Morgan fingerprint density at radius 1 is 1.28 bits per heavy atom. The summed E-state index contributed by atoms with van der Waals surface area (Å²) in [6.45, 7) is 2.85. The van der Waals surface area contributed by atoms with Gasteiger partial charge in [-0.25, -0.2) is 0 Å². The van der Waals surface area contributed by atoms with Crippen LogP contribution in [0.2, 0.25) is 0 Å². The highest BCUT2D eigenvalue weighted by molar-refractivity contribution is 5.95. The first-order valence-corrected chi connectivity index (χ1v) is 7.67. The summed E-state index contributed by atoms with van der Waals surface area (Å²) < 4.78 is 0. The second-order valence-electron chi connectivity index (χ2n) is 5.40. The summed E-state index contributed by atoms with van der Waals surface area (Å²) in [7, 11) is 0. The molecule has 1 aromatic carbocycles. The quantitative estimate of drug-likeness (QED) is 0.600. The van der Waals surface area contributed by atoms with Gasteiger partial charge in [-0.15, -0.1) is 12.4 Å². The average molecular weight is 365 g/mol. The first-order chi connectivity index (χ1) is 11.5. The molecular formula is C17H21ClN4O3. The number of aryl methyl sites for hydroxylation is 1. The Hall–Kier alpha value is -2.51. The van der Waals surface area contributed by atoms with E-state index in [1.54, 1.807) is 11.8 Å². The van der Waals surface area contributed by atoms with Crippen LogP contribution in [-0.4, -0.2) is 40.3 Å². The van der Waals surface area contributed by atoms with E-state index in [0.717, 1.165) is 11.8 Å². The molecule has 0 unspecified atom stereocenters. The predicted molar refractivity (Wildman–Crippen MR) is 98.0 cm³/mol. The van der Waals surface area contributed by atoms with E-state index in [-0.39, 0.29) is 29.6 Å². The van der Waals surface area contributed by atoms with E-state index >= 15 is 0 Å². The molecule has 0 fully saturated rings. The number of amides is 1. The maximum Gasteiger partial charge on any atom is 0.288 e. The van der Waals surface area contributed by atoms with Crippen molar-refractivity contribution in [2.45, 2.75) is 13.3 Å². The van der Waals surface area contributed by atoms with Crippen LogP contribution in [0.4, 0.5) is 5.69 Å². The van der Waals surface area contributed by atoms with Crippen LogP contribution >= 0.6 is 12.4 Å². The second kappa shape index (κ2) is 9.71. The molecule has 134 valence electrons. The third kappa shape index (κ3) is 5.51. The molecule has 1 amide bonds. The second-order valence-corrected chi connectivity index (χ2v) is 5.40. The Bertz CT molecular complexity index is 725. The van der Waals surface area contributed by atoms with Gasteiger partial charge in [0.25, 0.3) is 11.6 Å². The van der Waals surface area contributed by atoms with Crippen LogP contribution in [0.15, 0.2) is 42.6 Å². The predicted octanol–water partition coefficient (Wildman–Crippen LogP) is 2.36. The van der Waals surface area contributed by atoms with Crippen molar-refractivity contribution in [1.82, 2.24) is 9.88 Å². The molecule has 7 nitrogen and oxygen atoms in total. The van der Waals surface area contributed by atoms with Crippen molar-refractivity contribution in [3.05, 3.63) is 69.5 Å². The summed E-state index contributed by atoms with van der Waals surface area (Å²) in [5, 5.41) is 10.9. The fourth-order valence-corrected chi connectivity index (χ4v) is 2.39. The Kier molecular flexibility index (Phi) is 7.97. The molecule has 0 radical (unpaired) electrons. The molecule has 2 N–H and O–H groups in total. The van der Waals surface area contributed by atoms with E-state index < -0.39 is 4.92 Å². The zero-order chi connectivity index (χ0) is 17.5. The SMILES string of the molecule is Cc1ncc([N+](=O)[O-])cc1C(=O)N(CCN)CCc1ccccc1.Cl.